The first-order valence-electron chi connectivity index (χ1n) is 8.40. The van der Waals surface area contributed by atoms with Crippen LogP contribution in [0.5, 0.6) is 0 Å². The van der Waals surface area contributed by atoms with Crippen molar-refractivity contribution in [1.29, 1.82) is 0 Å². The predicted molar refractivity (Wildman–Crippen MR) is 100 cm³/mol. The third-order valence-electron chi connectivity index (χ3n) is 3.99. The minimum atomic E-state index is -0.262. The average molecular weight is 356 g/mol. The molecule has 7 heteroatoms. The first kappa shape index (κ1) is 16.6. The number of amides is 1. The lowest BCUT2D eigenvalue weighted by Gasteiger charge is -2.21. The molecule has 132 valence electrons. The van der Waals surface area contributed by atoms with Gasteiger partial charge < -0.3 is 0 Å². The minimum Gasteiger partial charge on any atom is -0.289 e. The third-order valence-corrected chi connectivity index (χ3v) is 3.99. The van der Waals surface area contributed by atoms with Gasteiger partial charge >= 0.3 is 0 Å². The van der Waals surface area contributed by atoms with E-state index in [4.69, 9.17) is 0 Å². The van der Waals surface area contributed by atoms with Gasteiger partial charge in [-0.3, -0.25) is 14.3 Å². The van der Waals surface area contributed by atoms with Gasteiger partial charge in [0.1, 0.15) is 12.1 Å². The number of carbonyl (C=O) groups excluding carboxylic acids is 1. The monoisotopic (exact) mass is 356 g/mol. The van der Waals surface area contributed by atoms with Crippen LogP contribution in [-0.2, 0) is 6.54 Å². The summed E-state index contributed by atoms with van der Waals surface area (Å²) in [5.74, 6) is 0.894. The molecule has 4 rings (SSSR count). The Bertz CT molecular complexity index is 1000. The topological polar surface area (TPSA) is 76.8 Å². The number of hydrogen-bond acceptors (Lipinski definition) is 5. The molecule has 0 saturated heterocycles. The molecule has 0 atom stereocenters. The Morgan fingerprint density at radius 1 is 0.926 bits per heavy atom. The maximum atomic E-state index is 13.1. The van der Waals surface area contributed by atoms with Crippen molar-refractivity contribution in [2.45, 2.75) is 6.54 Å². The molecule has 0 radical (unpaired) electrons. The second-order valence-electron chi connectivity index (χ2n) is 5.81. The van der Waals surface area contributed by atoms with Crippen LogP contribution >= 0.6 is 0 Å². The molecule has 0 N–H and O–H groups in total. The summed E-state index contributed by atoms with van der Waals surface area (Å²) >= 11 is 0. The van der Waals surface area contributed by atoms with Crippen molar-refractivity contribution in [2.24, 2.45) is 0 Å². The van der Waals surface area contributed by atoms with Crippen LogP contribution in [0, 0.1) is 0 Å². The molecular weight excluding hydrogens is 340 g/mol. The van der Waals surface area contributed by atoms with Gasteiger partial charge in [-0.2, -0.15) is 0 Å². The first-order chi connectivity index (χ1) is 13.3. The highest BCUT2D eigenvalue weighted by atomic mass is 16.2. The molecular formula is C20H16N6O. The summed E-state index contributed by atoms with van der Waals surface area (Å²) in [7, 11) is 0. The van der Waals surface area contributed by atoms with Crippen molar-refractivity contribution in [2.75, 3.05) is 4.90 Å². The van der Waals surface area contributed by atoms with Gasteiger partial charge in [-0.25, -0.2) is 9.97 Å². The third kappa shape index (κ3) is 3.72. The zero-order valence-corrected chi connectivity index (χ0v) is 14.4. The van der Waals surface area contributed by atoms with E-state index < -0.39 is 0 Å². The largest absolute Gasteiger partial charge is 0.289 e. The van der Waals surface area contributed by atoms with E-state index in [1.54, 1.807) is 52.6 Å². The van der Waals surface area contributed by atoms with Crippen molar-refractivity contribution in [3.63, 3.8) is 0 Å². The summed E-state index contributed by atoms with van der Waals surface area (Å²) in [4.78, 5) is 23.0. The van der Waals surface area contributed by atoms with Crippen molar-refractivity contribution < 1.29 is 4.79 Å². The highest BCUT2D eigenvalue weighted by Crippen LogP contribution is 2.17. The van der Waals surface area contributed by atoms with E-state index in [2.05, 4.69) is 20.2 Å². The SMILES string of the molecule is O=C(c1ccc(-n2ccnc2)nn1)N(Cc1ccccc1)c1ccccn1. The van der Waals surface area contributed by atoms with Crippen LogP contribution in [0.3, 0.4) is 0 Å². The molecule has 0 unspecified atom stereocenters. The molecule has 7 nitrogen and oxygen atoms in total. The van der Waals surface area contributed by atoms with Crippen molar-refractivity contribution in [1.82, 2.24) is 24.7 Å². The smallest absolute Gasteiger partial charge is 0.280 e. The van der Waals surface area contributed by atoms with Crippen LogP contribution in [-0.4, -0.2) is 30.6 Å². The van der Waals surface area contributed by atoms with Gasteiger partial charge in [-0.1, -0.05) is 36.4 Å². The minimum absolute atomic E-state index is 0.250. The number of pyridine rings is 1. The van der Waals surface area contributed by atoms with Crippen molar-refractivity contribution in [3.8, 4) is 5.82 Å². The van der Waals surface area contributed by atoms with E-state index >= 15 is 0 Å². The Hall–Kier alpha value is -3.87. The molecule has 0 spiro atoms. The lowest BCUT2D eigenvalue weighted by molar-refractivity contribution is 0.0978. The van der Waals surface area contributed by atoms with Gasteiger partial charge in [0.25, 0.3) is 5.91 Å². The highest BCUT2D eigenvalue weighted by molar-refractivity contribution is 6.04. The Kier molecular flexibility index (Phi) is 4.65. The van der Waals surface area contributed by atoms with Gasteiger partial charge in [0, 0.05) is 18.6 Å². The standard InChI is InChI=1S/C20H16N6O/c27-20(17-9-10-19(24-23-17)25-13-12-21-15-25)26(18-8-4-5-11-22-18)14-16-6-2-1-3-7-16/h1-13,15H,14H2. The molecule has 0 aliphatic heterocycles. The molecule has 0 saturated carbocycles. The molecule has 0 bridgehead atoms. The zero-order chi connectivity index (χ0) is 18.5. The number of aromatic nitrogens is 5. The Balaban J connectivity index is 1.64. The molecule has 3 heterocycles. The molecule has 27 heavy (non-hydrogen) atoms. The number of anilines is 1. The fraction of sp³-hybridized carbons (Fsp3) is 0.0500. The molecule has 1 aromatic carbocycles. The number of imidazole rings is 1. The van der Waals surface area contributed by atoms with Crippen LogP contribution in [0.1, 0.15) is 16.1 Å². The number of hydrogen-bond donors (Lipinski definition) is 0. The molecule has 4 aromatic rings. The fourth-order valence-corrected chi connectivity index (χ4v) is 2.65. The van der Waals surface area contributed by atoms with E-state index in [0.717, 1.165) is 5.56 Å². The van der Waals surface area contributed by atoms with E-state index in [1.165, 1.54) is 0 Å². The normalized spacial score (nSPS) is 10.5. The van der Waals surface area contributed by atoms with Crippen LogP contribution in [0.25, 0.3) is 5.82 Å². The molecule has 0 fully saturated rings. The van der Waals surface area contributed by atoms with E-state index in [0.29, 0.717) is 18.2 Å². The number of carbonyl (C=O) groups is 1. The highest BCUT2D eigenvalue weighted by Gasteiger charge is 2.21. The van der Waals surface area contributed by atoms with E-state index in [9.17, 15) is 4.79 Å². The predicted octanol–water partition coefficient (Wildman–Crippen LogP) is 2.90. The molecule has 0 aliphatic rings. The van der Waals surface area contributed by atoms with Crippen LogP contribution in [0.2, 0.25) is 0 Å². The average Bonchev–Trinajstić information content (AvgIpc) is 3.28. The lowest BCUT2D eigenvalue weighted by atomic mass is 10.2. The quantitative estimate of drug-likeness (QED) is 0.549. The van der Waals surface area contributed by atoms with Gasteiger partial charge in [-0.05, 0) is 29.8 Å². The summed E-state index contributed by atoms with van der Waals surface area (Å²) in [6, 6.07) is 18.6. The maximum absolute atomic E-state index is 13.1. The van der Waals surface area contributed by atoms with Crippen molar-refractivity contribution >= 4 is 11.7 Å². The summed E-state index contributed by atoms with van der Waals surface area (Å²) in [5.41, 5.74) is 1.25. The van der Waals surface area contributed by atoms with Gasteiger partial charge in [0.2, 0.25) is 0 Å². The first-order valence-corrected chi connectivity index (χ1v) is 8.40. The molecule has 3 aromatic heterocycles. The second-order valence-corrected chi connectivity index (χ2v) is 5.81. The zero-order valence-electron chi connectivity index (χ0n) is 14.4. The van der Waals surface area contributed by atoms with Crippen LogP contribution < -0.4 is 4.90 Å². The van der Waals surface area contributed by atoms with E-state index in [-0.39, 0.29) is 11.6 Å². The summed E-state index contributed by atoms with van der Waals surface area (Å²) in [6.45, 7) is 0.391. The Labute approximate surface area is 156 Å². The van der Waals surface area contributed by atoms with Gasteiger partial charge in [-0.15, -0.1) is 10.2 Å². The number of rotatable bonds is 5. The molecule has 0 aliphatic carbocycles. The maximum Gasteiger partial charge on any atom is 0.280 e. The summed E-state index contributed by atoms with van der Waals surface area (Å²) < 4.78 is 1.72. The fourth-order valence-electron chi connectivity index (χ4n) is 2.65. The lowest BCUT2D eigenvalue weighted by Crippen LogP contribution is -2.32. The van der Waals surface area contributed by atoms with Crippen LogP contribution in [0.4, 0.5) is 5.82 Å². The number of nitrogens with zero attached hydrogens (tertiary/aromatic N) is 6. The van der Waals surface area contributed by atoms with Crippen molar-refractivity contribution in [3.05, 3.63) is 96.8 Å². The summed E-state index contributed by atoms with van der Waals surface area (Å²) in [5, 5.41) is 8.24. The van der Waals surface area contributed by atoms with Gasteiger partial charge in [0.05, 0.1) is 6.54 Å². The van der Waals surface area contributed by atoms with Gasteiger partial charge in [0.15, 0.2) is 11.5 Å². The summed E-state index contributed by atoms with van der Waals surface area (Å²) in [6.07, 6.45) is 6.71. The van der Waals surface area contributed by atoms with Crippen LogP contribution in [0.15, 0.2) is 85.6 Å². The second kappa shape index (κ2) is 7.57. The van der Waals surface area contributed by atoms with E-state index in [1.807, 2.05) is 42.5 Å². The molecule has 1 amide bonds. The Morgan fingerprint density at radius 2 is 1.78 bits per heavy atom. The Morgan fingerprint density at radius 3 is 2.44 bits per heavy atom. The number of benzene rings is 1.